The van der Waals surface area contributed by atoms with Crippen LogP contribution in [0.25, 0.3) is 0 Å². The number of rotatable bonds is 3. The van der Waals surface area contributed by atoms with Crippen LogP contribution in [0.3, 0.4) is 0 Å². The molecule has 3 heteroatoms. The maximum Gasteiger partial charge on any atom is 0.174 e. The summed E-state index contributed by atoms with van der Waals surface area (Å²) < 4.78 is 0. The number of hydrogen-bond donors (Lipinski definition) is 0. The van der Waals surface area contributed by atoms with Crippen molar-refractivity contribution in [1.29, 1.82) is 0 Å². The third-order valence-electron chi connectivity index (χ3n) is 2.88. The van der Waals surface area contributed by atoms with E-state index in [-0.39, 0.29) is 23.8 Å². The zero-order chi connectivity index (χ0) is 11.7. The maximum absolute atomic E-state index is 11.9. The van der Waals surface area contributed by atoms with Crippen LogP contribution in [-0.4, -0.2) is 17.3 Å². The highest BCUT2D eigenvalue weighted by molar-refractivity contribution is 6.26. The van der Waals surface area contributed by atoms with E-state index in [4.69, 9.17) is 0 Å². The number of ketones is 3. The molecule has 0 bridgehead atoms. The molecule has 0 spiro atoms. The van der Waals surface area contributed by atoms with Crippen LogP contribution < -0.4 is 0 Å². The summed E-state index contributed by atoms with van der Waals surface area (Å²) in [7, 11) is 0. The Hall–Kier alpha value is -1.77. The van der Waals surface area contributed by atoms with Crippen molar-refractivity contribution in [2.45, 2.75) is 19.8 Å². The van der Waals surface area contributed by atoms with Crippen LogP contribution in [0.4, 0.5) is 0 Å². The minimum atomic E-state index is -0.638. The fraction of sp³-hybridized carbons (Fsp3) is 0.308. The Kier molecular flexibility index (Phi) is 2.69. The van der Waals surface area contributed by atoms with E-state index in [1.807, 2.05) is 0 Å². The fourth-order valence-corrected chi connectivity index (χ4v) is 2.02. The average molecular weight is 216 g/mol. The number of benzene rings is 1. The molecule has 0 radical (unpaired) electrons. The second kappa shape index (κ2) is 4.00. The molecule has 0 unspecified atom stereocenters. The van der Waals surface area contributed by atoms with E-state index < -0.39 is 5.92 Å². The molecule has 0 aromatic heterocycles. The molecule has 82 valence electrons. The highest BCUT2D eigenvalue weighted by atomic mass is 16.2. The van der Waals surface area contributed by atoms with Crippen molar-refractivity contribution < 1.29 is 14.4 Å². The molecule has 0 saturated heterocycles. The van der Waals surface area contributed by atoms with Crippen LogP contribution in [0.5, 0.6) is 0 Å². The highest BCUT2D eigenvalue weighted by Crippen LogP contribution is 2.29. The van der Waals surface area contributed by atoms with Gasteiger partial charge in [-0.3, -0.25) is 9.59 Å². The Morgan fingerprint density at radius 3 is 2.06 bits per heavy atom. The predicted octanol–water partition coefficient (Wildman–Crippen LogP) is 2.05. The molecule has 2 rings (SSSR count). The van der Waals surface area contributed by atoms with E-state index in [1.54, 1.807) is 24.3 Å². The molecule has 16 heavy (non-hydrogen) atoms. The number of hydrogen-bond acceptors (Lipinski definition) is 3. The highest BCUT2D eigenvalue weighted by Gasteiger charge is 2.37. The van der Waals surface area contributed by atoms with E-state index in [2.05, 4.69) is 0 Å². The molecular formula is C13H12O3. The molecule has 3 nitrogen and oxygen atoms in total. The molecule has 0 aliphatic heterocycles. The lowest BCUT2D eigenvalue weighted by Gasteiger charge is -2.03. The predicted molar refractivity (Wildman–Crippen MR) is 58.5 cm³/mol. The zero-order valence-corrected chi connectivity index (χ0v) is 9.03. The average Bonchev–Trinajstić information content (AvgIpc) is 2.50. The topological polar surface area (TPSA) is 51.2 Å². The smallest absolute Gasteiger partial charge is 0.174 e. The first-order valence-corrected chi connectivity index (χ1v) is 5.28. The lowest BCUT2D eigenvalue weighted by Crippen LogP contribution is -2.16. The van der Waals surface area contributed by atoms with Gasteiger partial charge in [0.2, 0.25) is 0 Å². The number of Topliss-reactive ketones (excluding diaryl/α,β-unsaturated/α-hetero) is 3. The summed E-state index contributed by atoms with van der Waals surface area (Å²) in [5.74, 6) is -0.901. The van der Waals surface area contributed by atoms with Gasteiger partial charge >= 0.3 is 0 Å². The van der Waals surface area contributed by atoms with Crippen molar-refractivity contribution >= 4 is 17.3 Å². The van der Waals surface area contributed by atoms with Gasteiger partial charge in [0.15, 0.2) is 11.6 Å². The van der Waals surface area contributed by atoms with Gasteiger partial charge in [0, 0.05) is 17.5 Å². The first kappa shape index (κ1) is 10.7. The molecule has 0 amide bonds. The van der Waals surface area contributed by atoms with Gasteiger partial charge in [0.25, 0.3) is 0 Å². The van der Waals surface area contributed by atoms with Crippen molar-refractivity contribution in [1.82, 2.24) is 0 Å². The third kappa shape index (κ3) is 1.69. The summed E-state index contributed by atoms with van der Waals surface area (Å²) in [6.45, 7) is 1.47. The normalized spacial score (nSPS) is 15.3. The van der Waals surface area contributed by atoms with E-state index in [1.165, 1.54) is 6.92 Å². The number of carbonyl (C=O) groups is 3. The molecule has 0 atom stereocenters. The van der Waals surface area contributed by atoms with Gasteiger partial charge in [-0.25, -0.2) is 0 Å². The second-order valence-corrected chi connectivity index (χ2v) is 4.07. The Bertz CT molecular complexity index is 439. The zero-order valence-electron chi connectivity index (χ0n) is 9.03. The van der Waals surface area contributed by atoms with Crippen LogP contribution in [0, 0.1) is 5.92 Å². The van der Waals surface area contributed by atoms with Crippen LogP contribution in [0.15, 0.2) is 24.3 Å². The summed E-state index contributed by atoms with van der Waals surface area (Å²) in [6.07, 6.45) is 0.623. The third-order valence-corrected chi connectivity index (χ3v) is 2.88. The molecule has 0 N–H and O–H groups in total. The van der Waals surface area contributed by atoms with E-state index in [9.17, 15) is 14.4 Å². The Morgan fingerprint density at radius 2 is 1.62 bits per heavy atom. The minimum Gasteiger partial charge on any atom is -0.300 e. The van der Waals surface area contributed by atoms with Crippen LogP contribution in [0.2, 0.25) is 0 Å². The Labute approximate surface area is 93.5 Å². The van der Waals surface area contributed by atoms with Crippen molar-refractivity contribution in [3.05, 3.63) is 35.4 Å². The summed E-state index contributed by atoms with van der Waals surface area (Å²) >= 11 is 0. The molecule has 1 aliphatic carbocycles. The van der Waals surface area contributed by atoms with Crippen LogP contribution >= 0.6 is 0 Å². The fourth-order valence-electron chi connectivity index (χ4n) is 2.02. The Morgan fingerprint density at radius 1 is 1.12 bits per heavy atom. The maximum atomic E-state index is 11.9. The molecule has 1 aromatic carbocycles. The molecule has 0 saturated carbocycles. The number of carbonyl (C=O) groups excluding carboxylic acids is 3. The largest absolute Gasteiger partial charge is 0.300 e. The molecule has 0 heterocycles. The van der Waals surface area contributed by atoms with Crippen LogP contribution in [-0.2, 0) is 4.79 Å². The Balaban J connectivity index is 2.25. The van der Waals surface area contributed by atoms with Gasteiger partial charge in [0.1, 0.15) is 5.78 Å². The minimum absolute atomic E-state index is 0.0107. The van der Waals surface area contributed by atoms with Crippen molar-refractivity contribution in [3.63, 3.8) is 0 Å². The molecular weight excluding hydrogens is 204 g/mol. The summed E-state index contributed by atoms with van der Waals surface area (Å²) in [4.78, 5) is 34.6. The lowest BCUT2D eigenvalue weighted by atomic mass is 9.97. The van der Waals surface area contributed by atoms with Crippen molar-refractivity contribution in [2.24, 2.45) is 5.92 Å². The first-order chi connectivity index (χ1) is 7.61. The van der Waals surface area contributed by atoms with E-state index in [0.29, 0.717) is 17.5 Å². The van der Waals surface area contributed by atoms with Gasteiger partial charge < -0.3 is 4.79 Å². The SMILES string of the molecule is CC(=O)CCC1C(=O)c2ccccc2C1=O. The van der Waals surface area contributed by atoms with Crippen molar-refractivity contribution in [2.75, 3.05) is 0 Å². The quantitative estimate of drug-likeness (QED) is 0.726. The van der Waals surface area contributed by atoms with Gasteiger partial charge in [-0.15, -0.1) is 0 Å². The van der Waals surface area contributed by atoms with E-state index >= 15 is 0 Å². The molecule has 1 aliphatic rings. The van der Waals surface area contributed by atoms with Gasteiger partial charge in [-0.1, -0.05) is 24.3 Å². The summed E-state index contributed by atoms with van der Waals surface area (Å²) in [5.41, 5.74) is 1.00. The van der Waals surface area contributed by atoms with Gasteiger partial charge in [-0.2, -0.15) is 0 Å². The molecule has 0 fully saturated rings. The lowest BCUT2D eigenvalue weighted by molar-refractivity contribution is -0.117. The van der Waals surface area contributed by atoms with Crippen LogP contribution in [0.1, 0.15) is 40.5 Å². The first-order valence-electron chi connectivity index (χ1n) is 5.28. The summed E-state index contributed by atoms with van der Waals surface area (Å²) in [6, 6.07) is 6.83. The van der Waals surface area contributed by atoms with Gasteiger partial charge in [0.05, 0.1) is 5.92 Å². The van der Waals surface area contributed by atoms with Crippen molar-refractivity contribution in [3.8, 4) is 0 Å². The van der Waals surface area contributed by atoms with E-state index in [0.717, 1.165) is 0 Å². The van der Waals surface area contributed by atoms with Gasteiger partial charge in [-0.05, 0) is 13.3 Å². The second-order valence-electron chi connectivity index (χ2n) is 4.07. The number of fused-ring (bicyclic) bond motifs is 1. The molecule has 1 aromatic rings. The monoisotopic (exact) mass is 216 g/mol. The standard InChI is InChI=1S/C13H12O3/c1-8(14)6-7-11-12(15)9-4-2-3-5-10(9)13(11)16/h2-5,11H,6-7H2,1H3. The summed E-state index contributed by atoms with van der Waals surface area (Å²) in [5, 5.41) is 0.